The fourth-order valence-corrected chi connectivity index (χ4v) is 3.01. The van der Waals surface area contributed by atoms with Gasteiger partial charge in [-0.2, -0.15) is 0 Å². The van der Waals surface area contributed by atoms with E-state index in [1.807, 2.05) is 11.3 Å². The van der Waals surface area contributed by atoms with E-state index in [0.29, 0.717) is 6.04 Å². The molecule has 0 saturated heterocycles. The molecule has 15 heavy (non-hydrogen) atoms. The molecule has 76 valence electrons. The molecule has 0 spiro atoms. The van der Waals surface area contributed by atoms with Gasteiger partial charge in [-0.1, -0.05) is 24.3 Å². The molecule has 1 nitrogen and oxygen atoms in total. The fraction of sp³-hybridized carbons (Fsp3) is 0.231. The first kappa shape index (κ1) is 9.13. The Balaban J connectivity index is 2.08. The van der Waals surface area contributed by atoms with Crippen LogP contribution in [0.2, 0.25) is 0 Å². The Labute approximate surface area is 93.8 Å². The number of rotatable bonds is 1. The first-order valence-corrected chi connectivity index (χ1v) is 6.09. The van der Waals surface area contributed by atoms with Crippen LogP contribution in [-0.4, -0.2) is 0 Å². The summed E-state index contributed by atoms with van der Waals surface area (Å²) < 4.78 is 0. The molecule has 0 saturated carbocycles. The number of nitrogens with one attached hydrogen (secondary N) is 1. The molecule has 1 aliphatic heterocycles. The van der Waals surface area contributed by atoms with E-state index in [9.17, 15) is 0 Å². The minimum Gasteiger partial charge on any atom is -0.302 e. The van der Waals surface area contributed by atoms with E-state index in [4.69, 9.17) is 0 Å². The van der Waals surface area contributed by atoms with Crippen molar-refractivity contribution in [2.45, 2.75) is 19.5 Å². The number of thiophene rings is 1. The van der Waals surface area contributed by atoms with Crippen LogP contribution in [0.3, 0.4) is 0 Å². The molecule has 1 aromatic carbocycles. The van der Waals surface area contributed by atoms with Gasteiger partial charge in [-0.25, -0.2) is 0 Å². The van der Waals surface area contributed by atoms with Gasteiger partial charge < -0.3 is 5.32 Å². The van der Waals surface area contributed by atoms with Crippen molar-refractivity contribution < 1.29 is 0 Å². The molecule has 1 unspecified atom stereocenters. The first-order chi connectivity index (χ1) is 7.36. The average Bonchev–Trinajstić information content (AvgIpc) is 2.83. The van der Waals surface area contributed by atoms with Gasteiger partial charge in [-0.05, 0) is 35.1 Å². The Morgan fingerprint density at radius 1 is 1.20 bits per heavy atom. The van der Waals surface area contributed by atoms with E-state index in [1.165, 1.54) is 21.6 Å². The number of hydrogen-bond donors (Lipinski definition) is 1. The van der Waals surface area contributed by atoms with Gasteiger partial charge in [0.1, 0.15) is 0 Å². The summed E-state index contributed by atoms with van der Waals surface area (Å²) in [7, 11) is 0. The highest BCUT2D eigenvalue weighted by Gasteiger charge is 2.24. The molecule has 2 heteroatoms. The Bertz CT molecular complexity index is 487. The summed E-state index contributed by atoms with van der Waals surface area (Å²) in [5.74, 6) is 0. The SMILES string of the molecule is Cc1sccc1C1NCc2ccccc21. The Kier molecular flexibility index (Phi) is 2.11. The zero-order valence-electron chi connectivity index (χ0n) is 8.66. The van der Waals surface area contributed by atoms with Crippen molar-refractivity contribution in [3.63, 3.8) is 0 Å². The summed E-state index contributed by atoms with van der Waals surface area (Å²) in [5.41, 5.74) is 4.32. The van der Waals surface area contributed by atoms with Gasteiger partial charge in [0.05, 0.1) is 6.04 Å². The van der Waals surface area contributed by atoms with E-state index in [0.717, 1.165) is 6.54 Å². The second-order valence-electron chi connectivity index (χ2n) is 3.94. The Morgan fingerprint density at radius 2 is 2.07 bits per heavy atom. The fourth-order valence-electron chi connectivity index (χ4n) is 2.27. The van der Waals surface area contributed by atoms with Crippen LogP contribution in [-0.2, 0) is 6.54 Å². The van der Waals surface area contributed by atoms with Gasteiger partial charge >= 0.3 is 0 Å². The van der Waals surface area contributed by atoms with E-state index in [2.05, 4.69) is 48.0 Å². The molecule has 3 rings (SSSR count). The highest BCUT2D eigenvalue weighted by molar-refractivity contribution is 7.10. The summed E-state index contributed by atoms with van der Waals surface area (Å²) in [6.45, 7) is 3.19. The quantitative estimate of drug-likeness (QED) is 0.770. The van der Waals surface area contributed by atoms with Crippen LogP contribution in [0.5, 0.6) is 0 Å². The number of hydrogen-bond acceptors (Lipinski definition) is 2. The smallest absolute Gasteiger partial charge is 0.0593 e. The van der Waals surface area contributed by atoms with Crippen LogP contribution in [0.25, 0.3) is 0 Å². The van der Waals surface area contributed by atoms with Crippen LogP contribution in [0.4, 0.5) is 0 Å². The van der Waals surface area contributed by atoms with Gasteiger partial charge in [0.2, 0.25) is 0 Å². The van der Waals surface area contributed by atoms with Crippen LogP contribution >= 0.6 is 11.3 Å². The van der Waals surface area contributed by atoms with Crippen molar-refractivity contribution in [3.05, 3.63) is 57.3 Å². The van der Waals surface area contributed by atoms with Gasteiger partial charge in [0.25, 0.3) is 0 Å². The molecule has 1 aliphatic rings. The monoisotopic (exact) mass is 215 g/mol. The lowest BCUT2D eigenvalue weighted by Crippen LogP contribution is -2.13. The van der Waals surface area contributed by atoms with Crippen molar-refractivity contribution in [1.82, 2.24) is 5.32 Å². The van der Waals surface area contributed by atoms with Crippen LogP contribution in [0.1, 0.15) is 27.6 Å². The Hall–Kier alpha value is -1.12. The maximum atomic E-state index is 3.57. The van der Waals surface area contributed by atoms with Crippen molar-refractivity contribution in [1.29, 1.82) is 0 Å². The van der Waals surface area contributed by atoms with Gasteiger partial charge in [-0.15, -0.1) is 11.3 Å². The van der Waals surface area contributed by atoms with Gasteiger partial charge in [0, 0.05) is 11.4 Å². The van der Waals surface area contributed by atoms with Gasteiger partial charge in [0.15, 0.2) is 0 Å². The lowest BCUT2D eigenvalue weighted by atomic mass is 9.99. The maximum Gasteiger partial charge on any atom is 0.0593 e. The minimum atomic E-state index is 0.410. The minimum absolute atomic E-state index is 0.410. The highest BCUT2D eigenvalue weighted by atomic mass is 32.1. The van der Waals surface area contributed by atoms with Gasteiger partial charge in [-0.3, -0.25) is 0 Å². The molecule has 0 aliphatic carbocycles. The lowest BCUT2D eigenvalue weighted by molar-refractivity contribution is 0.666. The van der Waals surface area contributed by atoms with Crippen molar-refractivity contribution in [2.24, 2.45) is 0 Å². The summed E-state index contributed by atoms with van der Waals surface area (Å²) in [6.07, 6.45) is 0. The molecular formula is C13H13NS. The van der Waals surface area contributed by atoms with Crippen LogP contribution in [0.15, 0.2) is 35.7 Å². The standard InChI is InChI=1S/C13H13NS/c1-9-11(6-7-15-9)13-12-5-3-2-4-10(12)8-14-13/h2-7,13-14H,8H2,1H3. The summed E-state index contributed by atoms with van der Waals surface area (Å²) in [4.78, 5) is 1.42. The summed E-state index contributed by atoms with van der Waals surface area (Å²) in [5, 5.41) is 5.75. The summed E-state index contributed by atoms with van der Waals surface area (Å²) in [6, 6.07) is 11.3. The molecule has 0 amide bonds. The van der Waals surface area contributed by atoms with Crippen molar-refractivity contribution in [3.8, 4) is 0 Å². The molecule has 1 atom stereocenters. The summed E-state index contributed by atoms with van der Waals surface area (Å²) >= 11 is 1.83. The predicted octanol–water partition coefficient (Wildman–Crippen LogP) is 3.25. The largest absolute Gasteiger partial charge is 0.302 e. The van der Waals surface area contributed by atoms with E-state index in [1.54, 1.807) is 0 Å². The van der Waals surface area contributed by atoms with Crippen LogP contribution in [0, 0.1) is 6.92 Å². The van der Waals surface area contributed by atoms with Crippen molar-refractivity contribution in [2.75, 3.05) is 0 Å². The number of benzene rings is 1. The number of aryl methyl sites for hydroxylation is 1. The molecule has 0 radical (unpaired) electrons. The molecular weight excluding hydrogens is 202 g/mol. The number of fused-ring (bicyclic) bond motifs is 1. The van der Waals surface area contributed by atoms with Crippen LogP contribution < -0.4 is 5.32 Å². The lowest BCUT2D eigenvalue weighted by Gasteiger charge is -2.11. The first-order valence-electron chi connectivity index (χ1n) is 5.21. The predicted molar refractivity (Wildman–Crippen MR) is 64.2 cm³/mol. The Morgan fingerprint density at radius 3 is 2.87 bits per heavy atom. The highest BCUT2D eigenvalue weighted by Crippen LogP contribution is 2.33. The molecule has 2 aromatic rings. The third-order valence-electron chi connectivity index (χ3n) is 3.07. The van der Waals surface area contributed by atoms with E-state index < -0.39 is 0 Å². The average molecular weight is 215 g/mol. The molecule has 0 fully saturated rings. The van der Waals surface area contributed by atoms with E-state index in [-0.39, 0.29) is 0 Å². The normalized spacial score (nSPS) is 19.1. The second kappa shape index (κ2) is 3.47. The zero-order chi connectivity index (χ0) is 10.3. The third kappa shape index (κ3) is 1.41. The molecule has 2 heterocycles. The third-order valence-corrected chi connectivity index (χ3v) is 3.93. The van der Waals surface area contributed by atoms with Crippen molar-refractivity contribution >= 4 is 11.3 Å². The second-order valence-corrected chi connectivity index (χ2v) is 5.07. The topological polar surface area (TPSA) is 12.0 Å². The van der Waals surface area contributed by atoms with E-state index >= 15 is 0 Å². The molecule has 1 N–H and O–H groups in total. The maximum absolute atomic E-state index is 3.57. The molecule has 1 aromatic heterocycles. The zero-order valence-corrected chi connectivity index (χ0v) is 9.47. The molecule has 0 bridgehead atoms.